The Morgan fingerprint density at radius 2 is 2.00 bits per heavy atom. The second kappa shape index (κ2) is 4.74. The first-order chi connectivity index (χ1) is 7.29. The van der Waals surface area contributed by atoms with Crippen LogP contribution in [0, 0.1) is 6.92 Å². The zero-order valence-electron chi connectivity index (χ0n) is 9.14. The number of nitrogens with two attached hydrogens (primary N) is 1. The van der Waals surface area contributed by atoms with Crippen molar-refractivity contribution in [3.8, 4) is 5.75 Å². The van der Waals surface area contributed by atoms with Crippen molar-refractivity contribution >= 4 is 0 Å². The van der Waals surface area contributed by atoms with Gasteiger partial charge in [-0.25, -0.2) is 0 Å². The fourth-order valence-electron chi connectivity index (χ4n) is 1.30. The molecule has 1 rings (SSSR count). The van der Waals surface area contributed by atoms with Crippen LogP contribution >= 0.6 is 0 Å². The molecule has 0 aliphatic carbocycles. The molecule has 2 nitrogen and oxygen atoms in total. The van der Waals surface area contributed by atoms with E-state index in [0.717, 1.165) is 5.56 Å². The highest BCUT2D eigenvalue weighted by atomic mass is 19.4. The average molecular weight is 233 g/mol. The fraction of sp³-hybridized carbons (Fsp3) is 0.455. The van der Waals surface area contributed by atoms with Gasteiger partial charge in [0.05, 0.1) is 0 Å². The molecule has 0 saturated heterocycles. The van der Waals surface area contributed by atoms with Gasteiger partial charge in [0, 0.05) is 11.6 Å². The summed E-state index contributed by atoms with van der Waals surface area (Å²) in [5.41, 5.74) is 7.06. The second-order valence-corrected chi connectivity index (χ2v) is 3.73. The van der Waals surface area contributed by atoms with Crippen LogP contribution in [0.15, 0.2) is 18.2 Å². The highest BCUT2D eigenvalue weighted by Gasteiger charge is 2.29. The number of rotatable bonds is 3. The van der Waals surface area contributed by atoms with Gasteiger partial charge in [-0.3, -0.25) is 0 Å². The summed E-state index contributed by atoms with van der Waals surface area (Å²) in [5, 5.41) is 0. The van der Waals surface area contributed by atoms with Crippen LogP contribution in [0.5, 0.6) is 5.75 Å². The Morgan fingerprint density at radius 3 is 2.50 bits per heavy atom. The van der Waals surface area contributed by atoms with Gasteiger partial charge in [0.1, 0.15) is 5.75 Å². The van der Waals surface area contributed by atoms with E-state index in [4.69, 9.17) is 10.5 Å². The number of aryl methyl sites for hydroxylation is 1. The van der Waals surface area contributed by atoms with Crippen molar-refractivity contribution in [1.29, 1.82) is 0 Å². The Bertz CT molecular complexity index is 361. The van der Waals surface area contributed by atoms with E-state index in [0.29, 0.717) is 5.56 Å². The molecule has 0 heterocycles. The van der Waals surface area contributed by atoms with Crippen molar-refractivity contribution < 1.29 is 17.9 Å². The van der Waals surface area contributed by atoms with Crippen molar-refractivity contribution in [2.24, 2.45) is 5.73 Å². The molecule has 5 heteroatoms. The Hall–Kier alpha value is -1.23. The molecule has 0 fully saturated rings. The van der Waals surface area contributed by atoms with Crippen LogP contribution in [0.25, 0.3) is 0 Å². The van der Waals surface area contributed by atoms with E-state index in [-0.39, 0.29) is 11.8 Å². The number of alkyl halides is 3. The lowest BCUT2D eigenvalue weighted by atomic mass is 10.1. The Balaban J connectivity index is 2.88. The standard InChI is InChI=1S/C11H14F3NO/c1-7-3-4-9(8(2)15)10(5-7)16-6-11(12,13)14/h3-5,8H,6,15H2,1-2H3/t8-/m0/s1. The minimum absolute atomic E-state index is 0.201. The van der Waals surface area contributed by atoms with E-state index < -0.39 is 12.8 Å². The van der Waals surface area contributed by atoms with E-state index in [1.807, 2.05) is 0 Å². The Morgan fingerprint density at radius 1 is 1.38 bits per heavy atom. The van der Waals surface area contributed by atoms with Gasteiger partial charge in [-0.2, -0.15) is 13.2 Å². The fourth-order valence-corrected chi connectivity index (χ4v) is 1.30. The summed E-state index contributed by atoms with van der Waals surface area (Å²) < 4.78 is 40.8. The topological polar surface area (TPSA) is 35.2 Å². The van der Waals surface area contributed by atoms with Gasteiger partial charge in [-0.15, -0.1) is 0 Å². The number of ether oxygens (including phenoxy) is 1. The Kier molecular flexibility index (Phi) is 3.80. The zero-order valence-corrected chi connectivity index (χ0v) is 9.14. The van der Waals surface area contributed by atoms with E-state index in [9.17, 15) is 13.2 Å². The molecule has 0 aliphatic heterocycles. The lowest BCUT2D eigenvalue weighted by Crippen LogP contribution is -2.20. The molecular formula is C11H14F3NO. The summed E-state index contributed by atoms with van der Waals surface area (Å²) in [6, 6.07) is 4.68. The maximum absolute atomic E-state index is 12.0. The van der Waals surface area contributed by atoms with Crippen LogP contribution in [-0.4, -0.2) is 12.8 Å². The average Bonchev–Trinajstić information content (AvgIpc) is 2.13. The van der Waals surface area contributed by atoms with Crippen molar-refractivity contribution in [1.82, 2.24) is 0 Å². The lowest BCUT2D eigenvalue weighted by Gasteiger charge is -2.15. The van der Waals surface area contributed by atoms with Crippen LogP contribution in [0.1, 0.15) is 24.1 Å². The van der Waals surface area contributed by atoms with Gasteiger partial charge in [-0.05, 0) is 25.5 Å². The number of hydrogen-bond donors (Lipinski definition) is 1. The molecule has 0 unspecified atom stereocenters. The van der Waals surface area contributed by atoms with Crippen LogP contribution in [0.2, 0.25) is 0 Å². The van der Waals surface area contributed by atoms with Crippen molar-refractivity contribution in [3.05, 3.63) is 29.3 Å². The SMILES string of the molecule is Cc1ccc([C@H](C)N)c(OCC(F)(F)F)c1. The van der Waals surface area contributed by atoms with Crippen LogP contribution in [-0.2, 0) is 0 Å². The summed E-state index contributed by atoms with van der Waals surface area (Å²) in [6.45, 7) is 2.19. The highest BCUT2D eigenvalue weighted by molar-refractivity contribution is 5.38. The summed E-state index contributed by atoms with van der Waals surface area (Å²) in [7, 11) is 0. The number of benzene rings is 1. The van der Waals surface area contributed by atoms with E-state index >= 15 is 0 Å². The van der Waals surface area contributed by atoms with E-state index in [1.54, 1.807) is 32.0 Å². The first-order valence-electron chi connectivity index (χ1n) is 4.85. The molecule has 1 aromatic carbocycles. The zero-order chi connectivity index (χ0) is 12.3. The third kappa shape index (κ3) is 3.73. The first-order valence-corrected chi connectivity index (χ1v) is 4.85. The predicted octanol–water partition coefficient (Wildman–Crippen LogP) is 2.96. The molecule has 0 amide bonds. The molecule has 2 N–H and O–H groups in total. The molecule has 16 heavy (non-hydrogen) atoms. The normalized spacial score (nSPS) is 13.6. The summed E-state index contributed by atoms with van der Waals surface area (Å²) in [5.74, 6) is 0.201. The summed E-state index contributed by atoms with van der Waals surface area (Å²) >= 11 is 0. The molecule has 0 bridgehead atoms. The smallest absolute Gasteiger partial charge is 0.422 e. The van der Waals surface area contributed by atoms with Gasteiger partial charge in [0.25, 0.3) is 0 Å². The Labute approximate surface area is 92.2 Å². The van der Waals surface area contributed by atoms with Gasteiger partial charge in [0.15, 0.2) is 6.61 Å². The molecule has 0 radical (unpaired) electrons. The van der Waals surface area contributed by atoms with Crippen molar-refractivity contribution in [2.75, 3.05) is 6.61 Å². The van der Waals surface area contributed by atoms with Crippen molar-refractivity contribution in [2.45, 2.75) is 26.1 Å². The molecule has 1 atom stereocenters. The van der Waals surface area contributed by atoms with Crippen molar-refractivity contribution in [3.63, 3.8) is 0 Å². The highest BCUT2D eigenvalue weighted by Crippen LogP contribution is 2.27. The summed E-state index contributed by atoms with van der Waals surface area (Å²) in [4.78, 5) is 0. The minimum atomic E-state index is -4.33. The molecule has 1 aromatic rings. The van der Waals surface area contributed by atoms with Crippen LogP contribution < -0.4 is 10.5 Å². The molecule has 0 aliphatic rings. The van der Waals surface area contributed by atoms with Crippen LogP contribution in [0.3, 0.4) is 0 Å². The number of hydrogen-bond acceptors (Lipinski definition) is 2. The maximum atomic E-state index is 12.0. The number of halogens is 3. The largest absolute Gasteiger partial charge is 0.484 e. The third-order valence-corrected chi connectivity index (χ3v) is 2.05. The van der Waals surface area contributed by atoms with Gasteiger partial charge in [-0.1, -0.05) is 12.1 Å². The molecule has 0 saturated carbocycles. The quantitative estimate of drug-likeness (QED) is 0.871. The van der Waals surface area contributed by atoms with Gasteiger partial charge >= 0.3 is 6.18 Å². The lowest BCUT2D eigenvalue weighted by molar-refractivity contribution is -0.153. The molecule has 0 spiro atoms. The third-order valence-electron chi connectivity index (χ3n) is 2.05. The minimum Gasteiger partial charge on any atom is -0.484 e. The first kappa shape index (κ1) is 12.8. The monoisotopic (exact) mass is 233 g/mol. The van der Waals surface area contributed by atoms with Crippen LogP contribution in [0.4, 0.5) is 13.2 Å². The second-order valence-electron chi connectivity index (χ2n) is 3.73. The maximum Gasteiger partial charge on any atom is 0.422 e. The van der Waals surface area contributed by atoms with Gasteiger partial charge < -0.3 is 10.5 Å². The van der Waals surface area contributed by atoms with Gasteiger partial charge in [0.2, 0.25) is 0 Å². The predicted molar refractivity (Wildman–Crippen MR) is 55.3 cm³/mol. The molecular weight excluding hydrogens is 219 g/mol. The van der Waals surface area contributed by atoms with E-state index in [1.165, 1.54) is 0 Å². The molecule has 0 aromatic heterocycles. The molecule has 90 valence electrons. The van der Waals surface area contributed by atoms with E-state index in [2.05, 4.69) is 0 Å². The summed E-state index contributed by atoms with van der Waals surface area (Å²) in [6.07, 6.45) is -4.33.